The van der Waals surface area contributed by atoms with Gasteiger partial charge in [-0.1, -0.05) is 50.7 Å². The molecule has 1 atom stereocenters. The Morgan fingerprint density at radius 3 is 2.62 bits per heavy atom. The molecule has 0 aliphatic carbocycles. The first-order chi connectivity index (χ1) is 17.6. The summed E-state index contributed by atoms with van der Waals surface area (Å²) in [6, 6.07) is 8.06. The molecule has 198 valence electrons. The number of thiazole rings is 1. The zero-order valence-electron chi connectivity index (χ0n) is 21.8. The lowest BCUT2D eigenvalue weighted by atomic mass is 9.87. The highest BCUT2D eigenvalue weighted by atomic mass is 32.2. The van der Waals surface area contributed by atoms with Crippen LogP contribution in [-0.4, -0.2) is 44.0 Å². The molecular weight excluding hydrogens is 510 g/mol. The quantitative estimate of drug-likeness (QED) is 0.189. The molecule has 1 unspecified atom stereocenters. The number of rotatable bonds is 12. The number of carbonyl (C=O) groups is 2. The van der Waals surface area contributed by atoms with Crippen LogP contribution in [-0.2, 0) is 32.7 Å². The summed E-state index contributed by atoms with van der Waals surface area (Å²) in [5.74, 6) is 0.920. The highest BCUT2D eigenvalue weighted by molar-refractivity contribution is 7.99. The molecule has 11 heteroatoms. The fourth-order valence-corrected chi connectivity index (χ4v) is 4.87. The van der Waals surface area contributed by atoms with E-state index in [0.29, 0.717) is 35.0 Å². The molecule has 3 aromatic rings. The van der Waals surface area contributed by atoms with Gasteiger partial charge in [0, 0.05) is 11.9 Å². The van der Waals surface area contributed by atoms with E-state index in [-0.39, 0.29) is 35.6 Å². The summed E-state index contributed by atoms with van der Waals surface area (Å²) in [7, 11) is 0. The number of amides is 1. The lowest BCUT2D eigenvalue weighted by molar-refractivity contribution is -0.142. The van der Waals surface area contributed by atoms with Crippen LogP contribution >= 0.6 is 23.1 Å². The highest BCUT2D eigenvalue weighted by Crippen LogP contribution is 2.28. The van der Waals surface area contributed by atoms with E-state index in [0.717, 1.165) is 5.75 Å². The van der Waals surface area contributed by atoms with Gasteiger partial charge in [0.25, 0.3) is 0 Å². The lowest BCUT2D eigenvalue weighted by Gasteiger charge is -2.20. The maximum absolute atomic E-state index is 12.5. The minimum atomic E-state index is -0.357. The lowest BCUT2D eigenvalue weighted by Crippen LogP contribution is -2.16. The van der Waals surface area contributed by atoms with Gasteiger partial charge in [-0.05, 0) is 37.0 Å². The second kappa shape index (κ2) is 12.9. The van der Waals surface area contributed by atoms with Gasteiger partial charge in [0.05, 0.1) is 24.5 Å². The van der Waals surface area contributed by atoms with Crippen molar-refractivity contribution in [2.45, 2.75) is 64.3 Å². The van der Waals surface area contributed by atoms with Crippen molar-refractivity contribution in [2.75, 3.05) is 17.7 Å². The van der Waals surface area contributed by atoms with Crippen molar-refractivity contribution in [2.24, 2.45) is 0 Å². The number of anilines is 1. The summed E-state index contributed by atoms with van der Waals surface area (Å²) in [6.07, 6.45) is 1.47. The molecule has 1 amide bonds. The largest absolute Gasteiger partial charge is 0.483 e. The number of nitrogens with zero attached hydrogens (tertiary/aromatic N) is 4. The van der Waals surface area contributed by atoms with Crippen LogP contribution in [0.25, 0.3) is 0 Å². The molecule has 0 spiro atoms. The van der Waals surface area contributed by atoms with Crippen molar-refractivity contribution in [3.63, 3.8) is 0 Å². The molecule has 0 saturated carbocycles. The summed E-state index contributed by atoms with van der Waals surface area (Å²) < 4.78 is 12.9. The van der Waals surface area contributed by atoms with Crippen molar-refractivity contribution in [3.05, 3.63) is 59.4 Å². The normalized spacial score (nSPS) is 12.1. The molecule has 1 N–H and O–H groups in total. The van der Waals surface area contributed by atoms with Crippen LogP contribution < -0.4 is 10.1 Å². The Labute approximate surface area is 225 Å². The molecule has 1 aromatic carbocycles. The number of aromatic nitrogens is 4. The summed E-state index contributed by atoms with van der Waals surface area (Å²) in [4.78, 5) is 28.4. The topological polar surface area (TPSA) is 108 Å². The van der Waals surface area contributed by atoms with Crippen molar-refractivity contribution in [1.29, 1.82) is 0 Å². The maximum atomic E-state index is 12.5. The number of thioether (sulfide) groups is 1. The number of hydrogen-bond acceptors (Lipinski definition) is 9. The average Bonchev–Trinajstić information content (AvgIpc) is 3.44. The zero-order valence-corrected chi connectivity index (χ0v) is 23.4. The third-order valence-corrected chi connectivity index (χ3v) is 6.99. The monoisotopic (exact) mass is 543 g/mol. The molecule has 2 heterocycles. The second-order valence-electron chi connectivity index (χ2n) is 9.24. The Morgan fingerprint density at radius 2 is 1.97 bits per heavy atom. The fraction of sp³-hybridized carbons (Fsp3) is 0.423. The summed E-state index contributed by atoms with van der Waals surface area (Å²) in [5.41, 5.74) is 1.85. The number of benzene rings is 1. The van der Waals surface area contributed by atoms with Gasteiger partial charge >= 0.3 is 5.97 Å². The molecule has 3 rings (SSSR count). The predicted molar refractivity (Wildman–Crippen MR) is 146 cm³/mol. The van der Waals surface area contributed by atoms with Gasteiger partial charge in [-0.25, -0.2) is 4.98 Å². The number of ether oxygens (including phenoxy) is 2. The van der Waals surface area contributed by atoms with Crippen LogP contribution in [0.2, 0.25) is 0 Å². The number of nitrogens with one attached hydrogen (secondary N) is 1. The summed E-state index contributed by atoms with van der Waals surface area (Å²) in [6.45, 7) is 14.8. The zero-order chi connectivity index (χ0) is 27.0. The van der Waals surface area contributed by atoms with Crippen molar-refractivity contribution in [3.8, 4) is 5.75 Å². The van der Waals surface area contributed by atoms with E-state index in [9.17, 15) is 9.59 Å². The van der Waals surface area contributed by atoms with Crippen LogP contribution in [0.1, 0.15) is 57.8 Å². The minimum Gasteiger partial charge on any atom is -0.483 e. The predicted octanol–water partition coefficient (Wildman–Crippen LogP) is 5.19. The van der Waals surface area contributed by atoms with Crippen molar-refractivity contribution in [1.82, 2.24) is 19.7 Å². The first kappa shape index (κ1) is 28.4. The van der Waals surface area contributed by atoms with E-state index in [4.69, 9.17) is 9.47 Å². The molecule has 0 aliphatic heterocycles. The van der Waals surface area contributed by atoms with Crippen LogP contribution in [0.4, 0.5) is 5.13 Å². The van der Waals surface area contributed by atoms with Crippen LogP contribution in [0.5, 0.6) is 5.75 Å². The van der Waals surface area contributed by atoms with Crippen molar-refractivity contribution < 1.29 is 19.1 Å². The van der Waals surface area contributed by atoms with E-state index in [2.05, 4.69) is 60.0 Å². The van der Waals surface area contributed by atoms with Crippen LogP contribution in [0.15, 0.2) is 47.5 Å². The first-order valence-electron chi connectivity index (χ1n) is 11.9. The van der Waals surface area contributed by atoms with Crippen LogP contribution in [0.3, 0.4) is 0 Å². The molecular formula is C26H33N5O4S2. The molecule has 37 heavy (non-hydrogen) atoms. The Hall–Kier alpha value is -3.18. The Kier molecular flexibility index (Phi) is 9.87. The summed E-state index contributed by atoms with van der Waals surface area (Å²) >= 11 is 2.52. The van der Waals surface area contributed by atoms with E-state index < -0.39 is 0 Å². The Balaban J connectivity index is 1.60. The van der Waals surface area contributed by atoms with Gasteiger partial charge in [-0.3, -0.25) is 14.2 Å². The third-order valence-electron chi connectivity index (χ3n) is 5.22. The molecule has 0 bridgehead atoms. The molecule has 0 radical (unpaired) electrons. The van der Waals surface area contributed by atoms with Gasteiger partial charge < -0.3 is 14.8 Å². The first-order valence-corrected chi connectivity index (χ1v) is 13.8. The van der Waals surface area contributed by atoms with E-state index in [1.54, 1.807) is 18.4 Å². The average molecular weight is 544 g/mol. The smallest absolute Gasteiger partial charge is 0.311 e. The molecule has 9 nitrogen and oxygen atoms in total. The van der Waals surface area contributed by atoms with Gasteiger partial charge in [0.15, 0.2) is 22.2 Å². The Bertz CT molecular complexity index is 1210. The Morgan fingerprint density at radius 1 is 1.24 bits per heavy atom. The standard InChI is InChI=1S/C26H33N5O4S2/c1-7-13-31-23(17(3)35-20-11-9-18(10-12-20)26(4,5)6)29-30-25(31)37-16-21(32)28-24-27-19(15-36-24)14-22(33)34-8-2/h7,9-12,15,17H,1,8,13-14,16H2,2-6H3,(H,27,28,32). The van der Waals surface area contributed by atoms with Gasteiger partial charge in [-0.15, -0.1) is 28.1 Å². The molecule has 0 saturated heterocycles. The highest BCUT2D eigenvalue weighted by Gasteiger charge is 2.21. The fourth-order valence-electron chi connectivity index (χ4n) is 3.39. The molecule has 0 fully saturated rings. The molecule has 2 aromatic heterocycles. The number of hydrogen-bond donors (Lipinski definition) is 1. The molecule has 0 aliphatic rings. The number of carbonyl (C=O) groups excluding carboxylic acids is 2. The van der Waals surface area contributed by atoms with E-state index in [1.165, 1.54) is 28.7 Å². The second-order valence-corrected chi connectivity index (χ2v) is 11.0. The maximum Gasteiger partial charge on any atom is 0.311 e. The van der Waals surface area contributed by atoms with Gasteiger partial charge in [0.1, 0.15) is 5.75 Å². The third kappa shape index (κ3) is 8.16. The van der Waals surface area contributed by atoms with Gasteiger partial charge in [-0.2, -0.15) is 0 Å². The number of allylic oxidation sites excluding steroid dienone is 1. The van der Waals surface area contributed by atoms with E-state index >= 15 is 0 Å². The minimum absolute atomic E-state index is 0.0667. The van der Waals surface area contributed by atoms with Crippen LogP contribution in [0, 0.1) is 0 Å². The SMILES string of the molecule is C=CCn1c(SCC(=O)Nc2nc(CC(=O)OCC)cs2)nnc1C(C)Oc1ccc(C(C)(C)C)cc1. The summed E-state index contributed by atoms with van der Waals surface area (Å²) in [5, 5.41) is 14.1. The van der Waals surface area contributed by atoms with E-state index in [1.807, 2.05) is 23.6 Å². The van der Waals surface area contributed by atoms with Crippen molar-refractivity contribution >= 4 is 40.1 Å². The van der Waals surface area contributed by atoms with Gasteiger partial charge in [0.2, 0.25) is 5.91 Å². The number of esters is 1.